The number of alkyl halides is 3. The van der Waals surface area contributed by atoms with Gasteiger partial charge in [0.05, 0.1) is 24.5 Å². The molecule has 1 aliphatic rings. The first kappa shape index (κ1) is 16.4. The predicted octanol–water partition coefficient (Wildman–Crippen LogP) is 3.38. The third-order valence-corrected chi connectivity index (χ3v) is 4.45. The van der Waals surface area contributed by atoms with E-state index in [1.807, 2.05) is 43.3 Å². The van der Waals surface area contributed by atoms with E-state index in [-0.39, 0.29) is 13.1 Å². The summed E-state index contributed by atoms with van der Waals surface area (Å²) in [6.45, 7) is 1.68. The van der Waals surface area contributed by atoms with Gasteiger partial charge < -0.3 is 9.47 Å². The lowest BCUT2D eigenvalue weighted by Gasteiger charge is -2.19. The van der Waals surface area contributed by atoms with E-state index >= 15 is 0 Å². The fraction of sp³-hybridized carbons (Fsp3) is 0.222. The number of halogens is 3. The molecule has 0 bridgehead atoms. The molecule has 0 radical (unpaired) electrons. The second-order valence-corrected chi connectivity index (χ2v) is 6.20. The topological polar surface area (TPSA) is 43.1 Å². The number of para-hydroxylation sites is 1. The minimum Gasteiger partial charge on any atom is -0.324 e. The summed E-state index contributed by atoms with van der Waals surface area (Å²) in [6.07, 6.45) is -1.27. The van der Waals surface area contributed by atoms with Crippen LogP contribution < -0.4 is 0 Å². The Bertz CT molecular complexity index is 973. The fourth-order valence-corrected chi connectivity index (χ4v) is 3.23. The maximum atomic E-state index is 12.8. The molecule has 1 aliphatic heterocycles. The van der Waals surface area contributed by atoms with Crippen molar-refractivity contribution in [3.05, 3.63) is 65.6 Å². The Labute approximate surface area is 147 Å². The van der Waals surface area contributed by atoms with E-state index < -0.39 is 12.1 Å². The Kier molecular flexibility index (Phi) is 3.64. The van der Waals surface area contributed by atoms with Gasteiger partial charge in [-0.2, -0.15) is 18.3 Å². The van der Waals surface area contributed by atoms with Crippen LogP contribution in [0.15, 0.2) is 48.8 Å². The first-order chi connectivity index (χ1) is 12.4. The van der Waals surface area contributed by atoms with E-state index in [9.17, 15) is 18.0 Å². The maximum absolute atomic E-state index is 12.8. The molecule has 2 aromatic heterocycles. The zero-order chi connectivity index (χ0) is 18.5. The summed E-state index contributed by atoms with van der Waals surface area (Å²) in [5.41, 5.74) is 2.95. The highest BCUT2D eigenvalue weighted by atomic mass is 19.4. The minimum atomic E-state index is -4.89. The lowest BCUT2D eigenvalue weighted by Crippen LogP contribution is -2.38. The minimum absolute atomic E-state index is 0.118. The Morgan fingerprint density at radius 3 is 2.42 bits per heavy atom. The van der Waals surface area contributed by atoms with Gasteiger partial charge in [0.25, 0.3) is 0 Å². The molecule has 0 saturated carbocycles. The molecule has 8 heteroatoms. The van der Waals surface area contributed by atoms with Gasteiger partial charge in [-0.25, -0.2) is 4.68 Å². The van der Waals surface area contributed by atoms with Gasteiger partial charge in [0, 0.05) is 18.0 Å². The standard InChI is InChI=1S/C18H15F3N4O/c1-12-6-2-3-7-15(12)25-16(23-8-4-5-9-23)13-10-24(11-14(13)22-25)17(26)18(19,20)21/h2-9H,10-11H2,1H3. The SMILES string of the molecule is Cc1ccccc1-n1nc2c(c1-n1cccc1)CN(C(=O)C(F)(F)F)C2. The molecule has 0 spiro atoms. The Balaban J connectivity index is 1.82. The van der Waals surface area contributed by atoms with E-state index in [1.165, 1.54) is 0 Å². The summed E-state index contributed by atoms with van der Waals surface area (Å²) in [7, 11) is 0. The van der Waals surface area contributed by atoms with Crippen LogP contribution in [0, 0.1) is 6.92 Å². The van der Waals surface area contributed by atoms with Gasteiger partial charge >= 0.3 is 12.1 Å². The molecule has 134 valence electrons. The van der Waals surface area contributed by atoms with Crippen molar-refractivity contribution in [2.45, 2.75) is 26.2 Å². The predicted molar refractivity (Wildman–Crippen MR) is 87.9 cm³/mol. The van der Waals surface area contributed by atoms with Crippen LogP contribution in [0.1, 0.15) is 16.8 Å². The molecule has 0 unspecified atom stereocenters. The Morgan fingerprint density at radius 2 is 1.77 bits per heavy atom. The van der Waals surface area contributed by atoms with Crippen LogP contribution in [0.4, 0.5) is 13.2 Å². The smallest absolute Gasteiger partial charge is 0.324 e. The summed E-state index contributed by atoms with van der Waals surface area (Å²) in [4.78, 5) is 12.4. The zero-order valence-electron chi connectivity index (χ0n) is 13.9. The third-order valence-electron chi connectivity index (χ3n) is 4.45. The summed E-state index contributed by atoms with van der Waals surface area (Å²) in [6, 6.07) is 11.3. The highest BCUT2D eigenvalue weighted by molar-refractivity contribution is 5.82. The number of benzene rings is 1. The molecule has 3 aromatic rings. The van der Waals surface area contributed by atoms with Gasteiger partial charge in [-0.3, -0.25) is 4.79 Å². The van der Waals surface area contributed by atoms with Gasteiger partial charge in [-0.05, 0) is 30.7 Å². The van der Waals surface area contributed by atoms with Crippen molar-refractivity contribution in [3.8, 4) is 11.5 Å². The highest BCUT2D eigenvalue weighted by Crippen LogP contribution is 2.33. The molecule has 0 N–H and O–H groups in total. The van der Waals surface area contributed by atoms with Crippen molar-refractivity contribution in [3.63, 3.8) is 0 Å². The van der Waals surface area contributed by atoms with Crippen molar-refractivity contribution >= 4 is 5.91 Å². The van der Waals surface area contributed by atoms with Crippen molar-refractivity contribution < 1.29 is 18.0 Å². The van der Waals surface area contributed by atoms with Crippen LogP contribution in [0.2, 0.25) is 0 Å². The van der Waals surface area contributed by atoms with Crippen molar-refractivity contribution in [1.82, 2.24) is 19.2 Å². The summed E-state index contributed by atoms with van der Waals surface area (Å²) in [5, 5.41) is 4.53. The maximum Gasteiger partial charge on any atom is 0.471 e. The third kappa shape index (κ3) is 2.58. The van der Waals surface area contributed by atoms with E-state index in [4.69, 9.17) is 0 Å². The molecule has 4 rings (SSSR count). The van der Waals surface area contributed by atoms with Crippen LogP contribution in [0.5, 0.6) is 0 Å². The second-order valence-electron chi connectivity index (χ2n) is 6.20. The first-order valence-corrected chi connectivity index (χ1v) is 8.02. The number of aryl methyl sites for hydroxylation is 1. The normalized spacial score (nSPS) is 13.9. The van der Waals surface area contributed by atoms with E-state index in [2.05, 4.69) is 5.10 Å². The number of hydrogen-bond donors (Lipinski definition) is 0. The van der Waals surface area contributed by atoms with Gasteiger partial charge in [0.2, 0.25) is 0 Å². The molecular formula is C18H15F3N4O. The number of carbonyl (C=O) groups excluding carboxylic acids is 1. The van der Waals surface area contributed by atoms with E-state index in [0.29, 0.717) is 17.1 Å². The number of nitrogens with zero attached hydrogens (tertiary/aromatic N) is 4. The van der Waals surface area contributed by atoms with Gasteiger partial charge in [-0.1, -0.05) is 18.2 Å². The van der Waals surface area contributed by atoms with Crippen LogP contribution >= 0.6 is 0 Å². The Hall–Kier alpha value is -3.03. The molecule has 26 heavy (non-hydrogen) atoms. The molecule has 0 saturated heterocycles. The molecule has 5 nitrogen and oxygen atoms in total. The fourth-order valence-electron chi connectivity index (χ4n) is 3.23. The average Bonchev–Trinajstić information content (AvgIpc) is 3.28. The van der Waals surface area contributed by atoms with Gasteiger partial charge in [0.15, 0.2) is 0 Å². The van der Waals surface area contributed by atoms with Crippen molar-refractivity contribution in [1.29, 1.82) is 0 Å². The van der Waals surface area contributed by atoms with E-state index in [1.54, 1.807) is 21.6 Å². The molecule has 0 atom stereocenters. The van der Waals surface area contributed by atoms with Crippen LogP contribution in [-0.2, 0) is 17.9 Å². The van der Waals surface area contributed by atoms with Gasteiger partial charge in [0.1, 0.15) is 5.82 Å². The molecular weight excluding hydrogens is 345 g/mol. The monoisotopic (exact) mass is 360 g/mol. The molecule has 1 aromatic carbocycles. The van der Waals surface area contributed by atoms with Crippen molar-refractivity contribution in [2.24, 2.45) is 0 Å². The highest BCUT2D eigenvalue weighted by Gasteiger charge is 2.45. The van der Waals surface area contributed by atoms with E-state index in [0.717, 1.165) is 16.2 Å². The first-order valence-electron chi connectivity index (χ1n) is 8.02. The van der Waals surface area contributed by atoms with Crippen LogP contribution in [0.3, 0.4) is 0 Å². The second kappa shape index (κ2) is 5.76. The quantitative estimate of drug-likeness (QED) is 0.703. The molecule has 0 aliphatic carbocycles. The van der Waals surface area contributed by atoms with Crippen molar-refractivity contribution in [2.75, 3.05) is 0 Å². The van der Waals surface area contributed by atoms with Crippen LogP contribution in [-0.4, -0.2) is 31.3 Å². The number of carbonyl (C=O) groups is 1. The largest absolute Gasteiger partial charge is 0.471 e. The lowest BCUT2D eigenvalue weighted by atomic mass is 10.2. The number of rotatable bonds is 2. The number of amides is 1. The zero-order valence-corrected chi connectivity index (χ0v) is 13.9. The summed E-state index contributed by atoms with van der Waals surface area (Å²) in [5.74, 6) is -1.19. The molecule has 0 fully saturated rings. The number of hydrogen-bond acceptors (Lipinski definition) is 2. The summed E-state index contributed by atoms with van der Waals surface area (Å²) < 4.78 is 41.9. The Morgan fingerprint density at radius 1 is 1.08 bits per heavy atom. The lowest BCUT2D eigenvalue weighted by molar-refractivity contribution is -0.186. The average molecular weight is 360 g/mol. The van der Waals surface area contributed by atoms with Crippen LogP contribution in [0.25, 0.3) is 11.5 Å². The number of fused-ring (bicyclic) bond motifs is 1. The van der Waals surface area contributed by atoms with Gasteiger partial charge in [-0.15, -0.1) is 0 Å². The molecule has 3 heterocycles. The summed E-state index contributed by atoms with van der Waals surface area (Å²) >= 11 is 0. The molecule has 1 amide bonds. The number of aromatic nitrogens is 3.